The predicted octanol–water partition coefficient (Wildman–Crippen LogP) is 3.81. The third kappa shape index (κ3) is 4.74. The summed E-state index contributed by atoms with van der Waals surface area (Å²) in [5.41, 5.74) is 0.955. The van der Waals surface area contributed by atoms with Crippen molar-refractivity contribution >= 4 is 28.6 Å². The molecule has 0 saturated heterocycles. The van der Waals surface area contributed by atoms with Gasteiger partial charge in [0.1, 0.15) is 11.4 Å². The van der Waals surface area contributed by atoms with Crippen LogP contribution < -0.4 is 10.9 Å². The molecule has 1 amide bonds. The maximum absolute atomic E-state index is 13.3. The van der Waals surface area contributed by atoms with Crippen molar-refractivity contribution in [3.8, 4) is 5.69 Å². The van der Waals surface area contributed by atoms with Gasteiger partial charge < -0.3 is 10.1 Å². The zero-order valence-corrected chi connectivity index (χ0v) is 17.6. The van der Waals surface area contributed by atoms with E-state index in [1.54, 1.807) is 57.3 Å². The Bertz CT molecular complexity index is 1120. The minimum Gasteiger partial charge on any atom is -0.444 e. The largest absolute Gasteiger partial charge is 0.444 e. The number of benzene rings is 1. The van der Waals surface area contributed by atoms with Gasteiger partial charge in [-0.15, -0.1) is 0 Å². The molecule has 0 saturated carbocycles. The standard InChI is InChI=1S/C21H23ClN4O3/c1-13-16(9-6-11-23-13)26-17(10-12-24-20(28)29-21(2,3)4)25-15-8-5-7-14(22)18(15)19(26)27/h5-9,11H,10,12H2,1-4H3,(H,24,28). The number of amides is 1. The summed E-state index contributed by atoms with van der Waals surface area (Å²) in [6.45, 7) is 7.46. The molecule has 152 valence electrons. The van der Waals surface area contributed by atoms with Gasteiger partial charge in [-0.1, -0.05) is 17.7 Å². The number of halogens is 1. The molecule has 2 heterocycles. The predicted molar refractivity (Wildman–Crippen MR) is 113 cm³/mol. The molecule has 8 heteroatoms. The first kappa shape index (κ1) is 20.8. The van der Waals surface area contributed by atoms with Crippen molar-refractivity contribution in [1.29, 1.82) is 0 Å². The van der Waals surface area contributed by atoms with E-state index in [1.807, 2.05) is 6.92 Å². The summed E-state index contributed by atoms with van der Waals surface area (Å²) in [6.07, 6.45) is 1.47. The molecule has 29 heavy (non-hydrogen) atoms. The maximum atomic E-state index is 13.3. The molecule has 0 aliphatic rings. The van der Waals surface area contributed by atoms with Crippen LogP contribution in [0.25, 0.3) is 16.6 Å². The van der Waals surface area contributed by atoms with Gasteiger partial charge in [0.25, 0.3) is 5.56 Å². The Hall–Kier alpha value is -2.93. The molecule has 0 bridgehead atoms. The molecular formula is C21H23ClN4O3. The van der Waals surface area contributed by atoms with Crippen LogP contribution in [0.3, 0.4) is 0 Å². The van der Waals surface area contributed by atoms with Crippen molar-refractivity contribution in [2.45, 2.75) is 39.7 Å². The van der Waals surface area contributed by atoms with Gasteiger partial charge in [-0.2, -0.15) is 0 Å². The summed E-state index contributed by atoms with van der Waals surface area (Å²) in [5, 5.41) is 3.39. The highest BCUT2D eigenvalue weighted by atomic mass is 35.5. The van der Waals surface area contributed by atoms with Gasteiger partial charge in [-0.25, -0.2) is 9.78 Å². The smallest absolute Gasteiger partial charge is 0.407 e. The van der Waals surface area contributed by atoms with E-state index < -0.39 is 11.7 Å². The molecule has 1 aromatic carbocycles. The molecule has 3 rings (SSSR count). The summed E-state index contributed by atoms with van der Waals surface area (Å²) < 4.78 is 6.76. The minimum atomic E-state index is -0.586. The topological polar surface area (TPSA) is 86.1 Å². The van der Waals surface area contributed by atoms with E-state index in [4.69, 9.17) is 16.3 Å². The monoisotopic (exact) mass is 414 g/mol. The van der Waals surface area contributed by atoms with Gasteiger partial charge in [0.05, 0.1) is 27.3 Å². The summed E-state index contributed by atoms with van der Waals surface area (Å²) in [6, 6.07) is 8.72. The molecule has 0 radical (unpaired) electrons. The third-order valence-electron chi connectivity index (χ3n) is 4.15. The SMILES string of the molecule is Cc1ncccc1-n1c(CCNC(=O)OC(C)(C)C)nc2cccc(Cl)c2c1=O. The summed E-state index contributed by atoms with van der Waals surface area (Å²) in [4.78, 5) is 34.2. The Labute approximate surface area is 173 Å². The molecule has 0 fully saturated rings. The van der Waals surface area contributed by atoms with Crippen LogP contribution in [-0.2, 0) is 11.2 Å². The number of carbonyl (C=O) groups excluding carboxylic acids is 1. The van der Waals surface area contributed by atoms with E-state index in [0.717, 1.165) is 0 Å². The van der Waals surface area contributed by atoms with Gasteiger partial charge in [-0.3, -0.25) is 14.3 Å². The fourth-order valence-corrected chi connectivity index (χ4v) is 3.20. The maximum Gasteiger partial charge on any atom is 0.407 e. The number of ether oxygens (including phenoxy) is 1. The summed E-state index contributed by atoms with van der Waals surface area (Å²) >= 11 is 6.28. The molecule has 0 unspecified atom stereocenters. The van der Waals surface area contributed by atoms with Crippen molar-refractivity contribution in [2.24, 2.45) is 0 Å². The van der Waals surface area contributed by atoms with Crippen LogP contribution in [-0.4, -0.2) is 32.8 Å². The first-order chi connectivity index (χ1) is 13.7. The van der Waals surface area contributed by atoms with Crippen molar-refractivity contribution in [2.75, 3.05) is 6.54 Å². The Morgan fingerprint density at radius 1 is 1.24 bits per heavy atom. The normalized spacial score (nSPS) is 11.5. The van der Waals surface area contributed by atoms with Crippen molar-refractivity contribution < 1.29 is 9.53 Å². The Balaban J connectivity index is 2.02. The number of rotatable bonds is 4. The van der Waals surface area contributed by atoms with Crippen LogP contribution in [0, 0.1) is 6.92 Å². The van der Waals surface area contributed by atoms with Crippen LogP contribution in [0.5, 0.6) is 0 Å². The molecule has 0 aliphatic carbocycles. The second-order valence-corrected chi connectivity index (χ2v) is 8.00. The second kappa shape index (κ2) is 8.21. The van der Waals surface area contributed by atoms with Crippen molar-refractivity contribution in [3.63, 3.8) is 0 Å². The first-order valence-corrected chi connectivity index (χ1v) is 9.64. The minimum absolute atomic E-state index is 0.257. The zero-order valence-electron chi connectivity index (χ0n) is 16.8. The highest BCUT2D eigenvalue weighted by molar-refractivity contribution is 6.35. The number of aryl methyl sites for hydroxylation is 1. The Morgan fingerprint density at radius 3 is 2.69 bits per heavy atom. The van der Waals surface area contributed by atoms with Crippen molar-refractivity contribution in [1.82, 2.24) is 19.9 Å². The van der Waals surface area contributed by atoms with Gasteiger partial charge in [0.2, 0.25) is 0 Å². The molecule has 3 aromatic rings. The number of nitrogens with one attached hydrogen (secondary N) is 1. The number of alkyl carbamates (subject to hydrolysis) is 1. The molecule has 7 nitrogen and oxygen atoms in total. The van der Waals surface area contributed by atoms with Crippen LogP contribution in [0.1, 0.15) is 32.3 Å². The van der Waals surface area contributed by atoms with E-state index >= 15 is 0 Å². The fraction of sp³-hybridized carbons (Fsp3) is 0.333. The lowest BCUT2D eigenvalue weighted by Gasteiger charge is -2.20. The van der Waals surface area contributed by atoms with Crippen molar-refractivity contribution in [3.05, 3.63) is 63.4 Å². The summed E-state index contributed by atoms with van der Waals surface area (Å²) in [7, 11) is 0. The quantitative estimate of drug-likeness (QED) is 0.701. The van der Waals surface area contributed by atoms with E-state index in [-0.39, 0.29) is 12.1 Å². The van der Waals surface area contributed by atoms with E-state index in [2.05, 4.69) is 15.3 Å². The lowest BCUT2D eigenvalue weighted by atomic mass is 10.2. The average molecular weight is 415 g/mol. The first-order valence-electron chi connectivity index (χ1n) is 9.26. The van der Waals surface area contributed by atoms with Gasteiger partial charge in [-0.05, 0) is 52.0 Å². The number of fused-ring (bicyclic) bond motifs is 1. The lowest BCUT2D eigenvalue weighted by Crippen LogP contribution is -2.34. The molecular weight excluding hydrogens is 392 g/mol. The number of carbonyl (C=O) groups is 1. The van der Waals surface area contributed by atoms with Crippen LogP contribution in [0.4, 0.5) is 4.79 Å². The van der Waals surface area contributed by atoms with E-state index in [0.29, 0.717) is 39.6 Å². The Kier molecular flexibility index (Phi) is 5.88. The highest BCUT2D eigenvalue weighted by Gasteiger charge is 2.18. The van der Waals surface area contributed by atoms with Crippen LogP contribution >= 0.6 is 11.6 Å². The molecule has 1 N–H and O–H groups in total. The molecule has 0 aliphatic heterocycles. The van der Waals surface area contributed by atoms with Crippen LogP contribution in [0.15, 0.2) is 41.3 Å². The molecule has 2 aromatic heterocycles. The average Bonchev–Trinajstić information content (AvgIpc) is 2.61. The second-order valence-electron chi connectivity index (χ2n) is 7.59. The molecule has 0 atom stereocenters. The van der Waals surface area contributed by atoms with Gasteiger partial charge in [0, 0.05) is 19.2 Å². The van der Waals surface area contributed by atoms with E-state index in [1.165, 1.54) is 4.57 Å². The lowest BCUT2D eigenvalue weighted by molar-refractivity contribution is 0.0528. The van der Waals surface area contributed by atoms with Gasteiger partial charge in [0.15, 0.2) is 0 Å². The number of hydrogen-bond donors (Lipinski definition) is 1. The zero-order chi connectivity index (χ0) is 21.2. The Morgan fingerprint density at radius 2 is 2.00 bits per heavy atom. The number of hydrogen-bond acceptors (Lipinski definition) is 5. The van der Waals surface area contributed by atoms with E-state index in [9.17, 15) is 9.59 Å². The number of nitrogens with zero attached hydrogens (tertiary/aromatic N) is 3. The number of pyridine rings is 1. The van der Waals surface area contributed by atoms with Gasteiger partial charge >= 0.3 is 6.09 Å². The highest BCUT2D eigenvalue weighted by Crippen LogP contribution is 2.21. The fourth-order valence-electron chi connectivity index (χ4n) is 2.95. The van der Waals surface area contributed by atoms with Crippen LogP contribution in [0.2, 0.25) is 5.02 Å². The number of aromatic nitrogens is 3. The molecule has 0 spiro atoms. The third-order valence-corrected chi connectivity index (χ3v) is 4.47. The summed E-state index contributed by atoms with van der Waals surface area (Å²) in [5.74, 6) is 0.497.